The minimum absolute atomic E-state index is 0.0531. The van der Waals surface area contributed by atoms with Crippen molar-refractivity contribution in [1.82, 2.24) is 15.4 Å². The summed E-state index contributed by atoms with van der Waals surface area (Å²) >= 11 is 1.72. The van der Waals surface area contributed by atoms with E-state index < -0.39 is 0 Å². The smallest absolute Gasteiger partial charge is 0.259 e. The van der Waals surface area contributed by atoms with E-state index in [2.05, 4.69) is 25.8 Å². The molecule has 0 fully saturated rings. The number of halogens is 1. The summed E-state index contributed by atoms with van der Waals surface area (Å²) in [6.07, 6.45) is 7.50. The highest BCUT2D eigenvalue weighted by Crippen LogP contribution is 2.37. The lowest BCUT2D eigenvalue weighted by atomic mass is 9.97. The standard InChI is InChI=1S/C19H18FN5OS/c20-13-7-5-12(6-8-13)9-24-25-16(26)10-21-18-17-14-3-1-2-4-15(14)27-19(17)23-11-22-18/h5-9,11H,1-4,10H2,(H,25,26)(H,21,22,23). The van der Waals surface area contributed by atoms with Crippen molar-refractivity contribution in [3.63, 3.8) is 0 Å². The van der Waals surface area contributed by atoms with Crippen LogP contribution in [0.25, 0.3) is 10.2 Å². The number of aryl methyl sites for hydroxylation is 2. The summed E-state index contributed by atoms with van der Waals surface area (Å²) in [5, 5.41) is 8.03. The zero-order chi connectivity index (χ0) is 18.6. The van der Waals surface area contributed by atoms with Gasteiger partial charge in [0.1, 0.15) is 22.8 Å². The quantitative estimate of drug-likeness (QED) is 0.524. The molecule has 1 amide bonds. The Morgan fingerprint density at radius 3 is 2.89 bits per heavy atom. The van der Waals surface area contributed by atoms with Gasteiger partial charge in [0, 0.05) is 4.88 Å². The summed E-state index contributed by atoms with van der Waals surface area (Å²) in [6.45, 7) is 0.0531. The van der Waals surface area contributed by atoms with Crippen LogP contribution in [0, 0.1) is 5.82 Å². The second kappa shape index (κ2) is 7.79. The summed E-state index contributed by atoms with van der Waals surface area (Å²) in [7, 11) is 0. The van der Waals surface area contributed by atoms with Gasteiger partial charge in [0.05, 0.1) is 18.1 Å². The molecule has 2 heterocycles. The van der Waals surface area contributed by atoms with Gasteiger partial charge in [-0.05, 0) is 48.9 Å². The summed E-state index contributed by atoms with van der Waals surface area (Å²) in [5.74, 6) is 0.0912. The Morgan fingerprint density at radius 1 is 1.22 bits per heavy atom. The van der Waals surface area contributed by atoms with Crippen molar-refractivity contribution in [3.05, 3.63) is 52.4 Å². The number of carbonyl (C=O) groups is 1. The number of hydrogen-bond acceptors (Lipinski definition) is 6. The van der Waals surface area contributed by atoms with Crippen molar-refractivity contribution in [3.8, 4) is 0 Å². The molecule has 8 heteroatoms. The maximum Gasteiger partial charge on any atom is 0.259 e. The molecule has 0 saturated carbocycles. The number of rotatable bonds is 5. The van der Waals surface area contributed by atoms with E-state index in [4.69, 9.17) is 0 Å². The fourth-order valence-electron chi connectivity index (χ4n) is 3.16. The number of fused-ring (bicyclic) bond motifs is 3. The fraction of sp³-hybridized carbons (Fsp3) is 0.263. The number of thiophene rings is 1. The number of nitrogens with one attached hydrogen (secondary N) is 2. The lowest BCUT2D eigenvalue weighted by molar-refractivity contribution is -0.119. The monoisotopic (exact) mass is 383 g/mol. The third-order valence-corrected chi connectivity index (χ3v) is 5.64. The minimum atomic E-state index is -0.313. The molecular weight excluding hydrogens is 365 g/mol. The fourth-order valence-corrected chi connectivity index (χ4v) is 4.38. The summed E-state index contributed by atoms with van der Waals surface area (Å²) in [5.41, 5.74) is 4.47. The van der Waals surface area contributed by atoms with Gasteiger partial charge in [-0.25, -0.2) is 19.8 Å². The van der Waals surface area contributed by atoms with Crippen molar-refractivity contribution < 1.29 is 9.18 Å². The molecule has 1 aromatic carbocycles. The SMILES string of the molecule is O=C(CNc1ncnc2sc3c(c12)CCCC3)NN=Cc1ccc(F)cc1. The van der Waals surface area contributed by atoms with Crippen LogP contribution >= 0.6 is 11.3 Å². The van der Waals surface area contributed by atoms with Crippen molar-refractivity contribution in [2.24, 2.45) is 5.10 Å². The number of hydrogen-bond donors (Lipinski definition) is 2. The number of anilines is 1. The van der Waals surface area contributed by atoms with Gasteiger partial charge < -0.3 is 5.32 Å². The van der Waals surface area contributed by atoms with Gasteiger partial charge >= 0.3 is 0 Å². The van der Waals surface area contributed by atoms with E-state index in [9.17, 15) is 9.18 Å². The molecule has 0 spiro atoms. The predicted octanol–water partition coefficient (Wildman–Crippen LogP) is 3.27. The Bertz CT molecular complexity index is 999. The average Bonchev–Trinajstić information content (AvgIpc) is 3.07. The highest BCUT2D eigenvalue weighted by Gasteiger charge is 2.19. The molecule has 0 saturated heterocycles. The maximum atomic E-state index is 12.9. The summed E-state index contributed by atoms with van der Waals surface area (Å²) in [4.78, 5) is 23.1. The first kappa shape index (κ1) is 17.5. The van der Waals surface area contributed by atoms with Crippen molar-refractivity contribution in [1.29, 1.82) is 0 Å². The van der Waals surface area contributed by atoms with Crippen LogP contribution in [0.2, 0.25) is 0 Å². The molecule has 138 valence electrons. The Kier molecular flexibility index (Phi) is 5.06. The highest BCUT2D eigenvalue weighted by atomic mass is 32.1. The first-order valence-corrected chi connectivity index (χ1v) is 9.59. The molecule has 6 nitrogen and oxygen atoms in total. The Hall–Kier alpha value is -2.87. The predicted molar refractivity (Wildman–Crippen MR) is 105 cm³/mol. The van der Waals surface area contributed by atoms with E-state index in [-0.39, 0.29) is 18.3 Å². The number of benzene rings is 1. The molecule has 0 atom stereocenters. The molecule has 1 aliphatic rings. The first-order valence-electron chi connectivity index (χ1n) is 8.77. The van der Waals surface area contributed by atoms with Crippen LogP contribution in [-0.2, 0) is 17.6 Å². The summed E-state index contributed by atoms with van der Waals surface area (Å²) < 4.78 is 12.9. The number of amides is 1. The first-order chi connectivity index (χ1) is 13.2. The molecule has 0 aliphatic heterocycles. The normalized spacial score (nSPS) is 13.7. The Morgan fingerprint density at radius 2 is 2.04 bits per heavy atom. The van der Waals surface area contributed by atoms with Gasteiger partial charge in [-0.2, -0.15) is 5.10 Å². The Labute approximate surface area is 159 Å². The molecule has 2 aromatic heterocycles. The van der Waals surface area contributed by atoms with Crippen LogP contribution in [0.3, 0.4) is 0 Å². The number of carbonyl (C=O) groups excluding carboxylic acids is 1. The van der Waals surface area contributed by atoms with E-state index in [0.29, 0.717) is 11.4 Å². The van der Waals surface area contributed by atoms with Gasteiger partial charge in [-0.3, -0.25) is 4.79 Å². The molecular formula is C19H18FN5OS. The van der Waals surface area contributed by atoms with Gasteiger partial charge in [-0.15, -0.1) is 11.3 Å². The van der Waals surface area contributed by atoms with E-state index in [1.807, 2.05) is 0 Å². The third kappa shape index (κ3) is 3.95. The van der Waals surface area contributed by atoms with Gasteiger partial charge in [0.2, 0.25) is 0 Å². The van der Waals surface area contributed by atoms with Gasteiger partial charge in [0.25, 0.3) is 5.91 Å². The minimum Gasteiger partial charge on any atom is -0.360 e. The number of nitrogens with zero attached hydrogens (tertiary/aromatic N) is 3. The van der Waals surface area contributed by atoms with E-state index in [0.717, 1.165) is 23.1 Å². The van der Waals surface area contributed by atoms with Crippen molar-refractivity contribution in [2.45, 2.75) is 25.7 Å². The molecule has 3 aromatic rings. The number of aromatic nitrogens is 2. The zero-order valence-corrected chi connectivity index (χ0v) is 15.4. The lowest BCUT2D eigenvalue weighted by Gasteiger charge is -2.12. The van der Waals surface area contributed by atoms with E-state index in [1.54, 1.807) is 23.5 Å². The Balaban J connectivity index is 1.40. The van der Waals surface area contributed by atoms with Crippen LogP contribution in [-0.4, -0.2) is 28.6 Å². The number of hydrazone groups is 1. The second-order valence-electron chi connectivity index (χ2n) is 6.31. The highest BCUT2D eigenvalue weighted by molar-refractivity contribution is 7.19. The van der Waals surface area contributed by atoms with Crippen LogP contribution < -0.4 is 10.7 Å². The van der Waals surface area contributed by atoms with Crippen LogP contribution in [0.15, 0.2) is 35.7 Å². The molecule has 0 radical (unpaired) electrons. The van der Waals surface area contributed by atoms with Gasteiger partial charge in [-0.1, -0.05) is 12.1 Å². The maximum absolute atomic E-state index is 12.9. The molecule has 0 bridgehead atoms. The summed E-state index contributed by atoms with van der Waals surface area (Å²) in [6, 6.07) is 5.85. The zero-order valence-electron chi connectivity index (χ0n) is 14.5. The molecule has 0 unspecified atom stereocenters. The molecule has 27 heavy (non-hydrogen) atoms. The third-order valence-electron chi connectivity index (χ3n) is 4.44. The molecule has 4 rings (SSSR count). The molecule has 1 aliphatic carbocycles. The van der Waals surface area contributed by atoms with Crippen LogP contribution in [0.1, 0.15) is 28.8 Å². The van der Waals surface area contributed by atoms with Crippen molar-refractivity contribution >= 4 is 39.5 Å². The van der Waals surface area contributed by atoms with Crippen LogP contribution in [0.4, 0.5) is 10.2 Å². The topological polar surface area (TPSA) is 79.3 Å². The van der Waals surface area contributed by atoms with E-state index in [1.165, 1.54) is 48.0 Å². The second-order valence-corrected chi connectivity index (χ2v) is 7.40. The van der Waals surface area contributed by atoms with Crippen LogP contribution in [0.5, 0.6) is 0 Å². The average molecular weight is 383 g/mol. The van der Waals surface area contributed by atoms with E-state index >= 15 is 0 Å². The lowest BCUT2D eigenvalue weighted by Crippen LogP contribution is -2.26. The van der Waals surface area contributed by atoms with Gasteiger partial charge in [0.15, 0.2) is 0 Å². The van der Waals surface area contributed by atoms with Crippen molar-refractivity contribution in [2.75, 3.05) is 11.9 Å². The molecule has 2 N–H and O–H groups in total. The largest absolute Gasteiger partial charge is 0.360 e.